The predicted molar refractivity (Wildman–Crippen MR) is 66.2 cm³/mol. The lowest BCUT2D eigenvalue weighted by Gasteiger charge is -2.15. The molecule has 80 valence electrons. The summed E-state index contributed by atoms with van der Waals surface area (Å²) in [6.45, 7) is 4.47. The first kappa shape index (κ1) is 12.2. The molecule has 0 bridgehead atoms. The van der Waals surface area contributed by atoms with Crippen LogP contribution < -0.4 is 11.3 Å². The third kappa shape index (κ3) is 3.69. The van der Waals surface area contributed by atoms with Gasteiger partial charge in [-0.05, 0) is 46.8 Å². The fraction of sp³-hybridized carbons (Fsp3) is 0.600. The van der Waals surface area contributed by atoms with Crippen molar-refractivity contribution in [1.82, 2.24) is 5.43 Å². The molecule has 0 aliphatic carbocycles. The summed E-state index contributed by atoms with van der Waals surface area (Å²) in [5, 5.41) is 0. The minimum Gasteiger partial charge on any atom is -0.271 e. The maximum atomic E-state index is 5.54. The molecule has 1 heterocycles. The van der Waals surface area contributed by atoms with E-state index in [-0.39, 0.29) is 0 Å². The lowest BCUT2D eigenvalue weighted by Crippen LogP contribution is -2.27. The van der Waals surface area contributed by atoms with Crippen molar-refractivity contribution >= 4 is 27.3 Å². The van der Waals surface area contributed by atoms with Crippen molar-refractivity contribution in [3.05, 3.63) is 20.8 Å². The van der Waals surface area contributed by atoms with E-state index in [1.165, 1.54) is 11.3 Å². The predicted octanol–water partition coefficient (Wildman–Crippen LogP) is 3.45. The standard InChI is InChI=1S/C10H17BrN2S/c1-7(2)3-4-8(13-12)9-5-6-10(11)14-9/h5-8,13H,3-4,12H2,1-2H3. The first-order valence-electron chi connectivity index (χ1n) is 4.85. The summed E-state index contributed by atoms with van der Waals surface area (Å²) in [6.07, 6.45) is 2.30. The molecule has 3 N–H and O–H groups in total. The van der Waals surface area contributed by atoms with Gasteiger partial charge in [-0.15, -0.1) is 11.3 Å². The Kier molecular flexibility index (Phi) is 5.09. The van der Waals surface area contributed by atoms with Crippen LogP contribution in [0, 0.1) is 5.92 Å². The molecule has 0 aliphatic rings. The molecule has 0 aliphatic heterocycles. The molecule has 0 radical (unpaired) electrons. The van der Waals surface area contributed by atoms with Crippen molar-refractivity contribution in [3.63, 3.8) is 0 Å². The van der Waals surface area contributed by atoms with Crippen LogP contribution in [0.4, 0.5) is 0 Å². The summed E-state index contributed by atoms with van der Waals surface area (Å²) in [4.78, 5) is 1.31. The van der Waals surface area contributed by atoms with Crippen molar-refractivity contribution in [3.8, 4) is 0 Å². The molecule has 0 fully saturated rings. The fourth-order valence-electron chi connectivity index (χ4n) is 1.32. The van der Waals surface area contributed by atoms with E-state index >= 15 is 0 Å². The SMILES string of the molecule is CC(C)CCC(NN)c1ccc(Br)s1. The third-order valence-corrected chi connectivity index (χ3v) is 3.91. The topological polar surface area (TPSA) is 38.0 Å². The van der Waals surface area contributed by atoms with Gasteiger partial charge in [0.2, 0.25) is 0 Å². The molecule has 0 saturated carbocycles. The summed E-state index contributed by atoms with van der Waals surface area (Å²) in [7, 11) is 0. The van der Waals surface area contributed by atoms with E-state index in [1.807, 2.05) is 0 Å². The maximum absolute atomic E-state index is 5.54. The molecule has 0 spiro atoms. The molecular formula is C10H17BrN2S. The van der Waals surface area contributed by atoms with Gasteiger partial charge in [0.1, 0.15) is 0 Å². The number of hydrogen-bond donors (Lipinski definition) is 2. The van der Waals surface area contributed by atoms with Gasteiger partial charge in [-0.1, -0.05) is 13.8 Å². The van der Waals surface area contributed by atoms with Crippen molar-refractivity contribution in [2.24, 2.45) is 11.8 Å². The molecular weight excluding hydrogens is 260 g/mol. The molecule has 2 nitrogen and oxygen atoms in total. The Labute approximate surface area is 98.0 Å². The van der Waals surface area contributed by atoms with Crippen LogP contribution in [-0.2, 0) is 0 Å². The van der Waals surface area contributed by atoms with E-state index in [0.29, 0.717) is 6.04 Å². The largest absolute Gasteiger partial charge is 0.271 e. The lowest BCUT2D eigenvalue weighted by molar-refractivity contribution is 0.453. The van der Waals surface area contributed by atoms with Gasteiger partial charge in [-0.2, -0.15) is 0 Å². The number of rotatable bonds is 5. The molecule has 1 atom stereocenters. The van der Waals surface area contributed by atoms with Crippen molar-refractivity contribution < 1.29 is 0 Å². The lowest BCUT2D eigenvalue weighted by atomic mass is 10.0. The number of thiophene rings is 1. The molecule has 0 saturated heterocycles. The van der Waals surface area contributed by atoms with Crippen LogP contribution >= 0.6 is 27.3 Å². The first-order chi connectivity index (χ1) is 6.63. The summed E-state index contributed by atoms with van der Waals surface area (Å²) in [5.74, 6) is 6.27. The van der Waals surface area contributed by atoms with Gasteiger partial charge in [0, 0.05) is 4.88 Å². The van der Waals surface area contributed by atoms with Gasteiger partial charge in [0.15, 0.2) is 0 Å². The van der Waals surface area contributed by atoms with Crippen LogP contribution in [0.3, 0.4) is 0 Å². The highest BCUT2D eigenvalue weighted by atomic mass is 79.9. The monoisotopic (exact) mass is 276 g/mol. The molecule has 1 aromatic rings. The number of hydrazine groups is 1. The Morgan fingerprint density at radius 2 is 2.14 bits per heavy atom. The van der Waals surface area contributed by atoms with E-state index in [2.05, 4.69) is 47.3 Å². The second-order valence-corrected chi connectivity index (χ2v) is 6.33. The van der Waals surface area contributed by atoms with E-state index in [9.17, 15) is 0 Å². The van der Waals surface area contributed by atoms with Crippen LogP contribution in [0.2, 0.25) is 0 Å². The minimum atomic E-state index is 0.300. The molecule has 0 aromatic carbocycles. The van der Waals surface area contributed by atoms with Gasteiger partial charge < -0.3 is 0 Å². The third-order valence-electron chi connectivity index (χ3n) is 2.17. The Bertz CT molecular complexity index is 273. The Balaban J connectivity index is 2.54. The Morgan fingerprint density at radius 3 is 2.57 bits per heavy atom. The van der Waals surface area contributed by atoms with E-state index in [1.54, 1.807) is 11.3 Å². The molecule has 1 unspecified atom stereocenters. The van der Waals surface area contributed by atoms with Crippen molar-refractivity contribution in [2.45, 2.75) is 32.7 Å². The van der Waals surface area contributed by atoms with E-state index in [4.69, 9.17) is 5.84 Å². The first-order valence-corrected chi connectivity index (χ1v) is 6.45. The van der Waals surface area contributed by atoms with Crippen LogP contribution in [0.25, 0.3) is 0 Å². The van der Waals surface area contributed by atoms with Gasteiger partial charge in [0.25, 0.3) is 0 Å². The number of nitrogens with one attached hydrogen (secondary N) is 1. The van der Waals surface area contributed by atoms with Gasteiger partial charge in [-0.3, -0.25) is 11.3 Å². The molecule has 14 heavy (non-hydrogen) atoms. The van der Waals surface area contributed by atoms with Gasteiger partial charge in [-0.25, -0.2) is 0 Å². The molecule has 1 aromatic heterocycles. The van der Waals surface area contributed by atoms with Gasteiger partial charge in [0.05, 0.1) is 9.83 Å². The van der Waals surface area contributed by atoms with Crippen LogP contribution in [-0.4, -0.2) is 0 Å². The average Bonchev–Trinajstić information content (AvgIpc) is 2.53. The zero-order chi connectivity index (χ0) is 10.6. The minimum absolute atomic E-state index is 0.300. The maximum Gasteiger partial charge on any atom is 0.0702 e. The highest BCUT2D eigenvalue weighted by molar-refractivity contribution is 9.11. The van der Waals surface area contributed by atoms with Crippen LogP contribution in [0.1, 0.15) is 37.6 Å². The fourth-order valence-corrected chi connectivity index (χ4v) is 2.84. The normalized spacial score (nSPS) is 13.5. The highest BCUT2D eigenvalue weighted by Gasteiger charge is 2.12. The van der Waals surface area contributed by atoms with E-state index in [0.717, 1.165) is 16.1 Å². The van der Waals surface area contributed by atoms with Gasteiger partial charge >= 0.3 is 0 Å². The van der Waals surface area contributed by atoms with Crippen LogP contribution in [0.5, 0.6) is 0 Å². The Hall–Kier alpha value is 0.1000. The van der Waals surface area contributed by atoms with Crippen molar-refractivity contribution in [1.29, 1.82) is 0 Å². The zero-order valence-electron chi connectivity index (χ0n) is 8.59. The number of halogens is 1. The van der Waals surface area contributed by atoms with Crippen LogP contribution in [0.15, 0.2) is 15.9 Å². The summed E-state index contributed by atoms with van der Waals surface area (Å²) in [6, 6.07) is 4.49. The van der Waals surface area contributed by atoms with E-state index < -0.39 is 0 Å². The molecule has 4 heteroatoms. The summed E-state index contributed by atoms with van der Waals surface area (Å²) < 4.78 is 1.16. The smallest absolute Gasteiger partial charge is 0.0702 e. The molecule has 0 amide bonds. The Morgan fingerprint density at radius 1 is 1.43 bits per heavy atom. The quantitative estimate of drug-likeness (QED) is 0.639. The summed E-state index contributed by atoms with van der Waals surface area (Å²) in [5.41, 5.74) is 2.88. The second-order valence-electron chi connectivity index (χ2n) is 3.83. The second kappa shape index (κ2) is 5.85. The zero-order valence-corrected chi connectivity index (χ0v) is 11.0. The highest BCUT2D eigenvalue weighted by Crippen LogP contribution is 2.29. The number of nitrogens with two attached hydrogens (primary N) is 1. The summed E-state index contributed by atoms with van der Waals surface area (Å²) >= 11 is 5.21. The van der Waals surface area contributed by atoms with Crippen molar-refractivity contribution in [2.75, 3.05) is 0 Å². The average molecular weight is 277 g/mol. The molecule has 1 rings (SSSR count). The number of hydrogen-bond acceptors (Lipinski definition) is 3.